The van der Waals surface area contributed by atoms with E-state index in [0.717, 1.165) is 22.8 Å². The van der Waals surface area contributed by atoms with Crippen molar-refractivity contribution in [2.24, 2.45) is 0 Å². The Kier molecular flexibility index (Phi) is 4.31. The molecule has 1 aromatic carbocycles. The maximum absolute atomic E-state index is 5.54. The van der Waals surface area contributed by atoms with E-state index in [4.69, 9.17) is 9.47 Å². The molecule has 5 heteroatoms. The normalized spacial score (nSPS) is 14.0. The van der Waals surface area contributed by atoms with E-state index in [1.54, 1.807) is 7.11 Å². The Morgan fingerprint density at radius 3 is 2.48 bits per heavy atom. The molecule has 0 amide bonds. The Hall–Kier alpha value is -2.14. The van der Waals surface area contributed by atoms with Crippen molar-refractivity contribution in [1.82, 2.24) is 10.2 Å². The molecule has 1 saturated carbocycles. The zero-order valence-electron chi connectivity index (χ0n) is 12.1. The second kappa shape index (κ2) is 6.54. The minimum absolute atomic E-state index is 0.553. The molecule has 1 aromatic heterocycles. The second-order valence-corrected chi connectivity index (χ2v) is 5.09. The van der Waals surface area contributed by atoms with Gasteiger partial charge in [-0.2, -0.15) is 0 Å². The van der Waals surface area contributed by atoms with Gasteiger partial charge in [-0.05, 0) is 49.2 Å². The molecule has 1 N–H and O–H groups in total. The molecule has 1 heterocycles. The Morgan fingerprint density at radius 2 is 1.86 bits per heavy atom. The number of hydrogen-bond donors (Lipinski definition) is 1. The highest BCUT2D eigenvalue weighted by Gasteiger charge is 2.21. The van der Waals surface area contributed by atoms with Crippen LogP contribution in [0.5, 0.6) is 5.75 Å². The first-order chi connectivity index (χ1) is 10.3. The molecule has 0 spiro atoms. The number of nitrogens with one attached hydrogen (secondary N) is 1. The molecule has 1 aliphatic carbocycles. The summed E-state index contributed by atoms with van der Waals surface area (Å²) < 4.78 is 10.5. The van der Waals surface area contributed by atoms with Gasteiger partial charge in [0.05, 0.1) is 12.3 Å². The van der Waals surface area contributed by atoms with E-state index in [2.05, 4.69) is 15.5 Å². The van der Waals surface area contributed by atoms with Crippen molar-refractivity contribution in [2.45, 2.75) is 18.9 Å². The van der Waals surface area contributed by atoms with E-state index in [-0.39, 0.29) is 0 Å². The average molecular weight is 285 g/mol. The summed E-state index contributed by atoms with van der Waals surface area (Å²) in [5.74, 6) is 1.68. The molecule has 110 valence electrons. The van der Waals surface area contributed by atoms with Gasteiger partial charge in [0.25, 0.3) is 0 Å². The number of benzene rings is 1. The Balaban J connectivity index is 1.62. The molecule has 1 aliphatic rings. The van der Waals surface area contributed by atoms with Gasteiger partial charge in [-0.1, -0.05) is 0 Å². The van der Waals surface area contributed by atoms with Crippen LogP contribution in [0.3, 0.4) is 0 Å². The van der Waals surface area contributed by atoms with Crippen LogP contribution in [0, 0.1) is 0 Å². The fourth-order valence-electron chi connectivity index (χ4n) is 1.96. The number of rotatable bonds is 7. The van der Waals surface area contributed by atoms with Crippen molar-refractivity contribution in [3.8, 4) is 17.0 Å². The van der Waals surface area contributed by atoms with Crippen molar-refractivity contribution >= 4 is 5.82 Å². The van der Waals surface area contributed by atoms with Gasteiger partial charge in [-0.15, -0.1) is 10.2 Å². The summed E-state index contributed by atoms with van der Waals surface area (Å²) in [7, 11) is 1.66. The van der Waals surface area contributed by atoms with Crippen LogP contribution in [0.15, 0.2) is 36.4 Å². The summed E-state index contributed by atoms with van der Waals surface area (Å²) in [5.41, 5.74) is 1.89. The highest BCUT2D eigenvalue weighted by Crippen LogP contribution is 2.25. The Bertz CT molecular complexity index is 565. The standard InChI is InChI=1S/C16H19N3O2/c1-20-10-11-21-14-6-2-12(3-7-14)15-8-9-16(19-18-15)17-13-4-5-13/h2-3,6-9,13H,4-5,10-11H2,1H3,(H,17,19). The average Bonchev–Trinajstić information content (AvgIpc) is 3.33. The molecule has 0 saturated heterocycles. The van der Waals surface area contributed by atoms with E-state index in [1.807, 2.05) is 36.4 Å². The molecule has 0 bridgehead atoms. The molecule has 0 unspecified atom stereocenters. The molecule has 0 radical (unpaired) electrons. The lowest BCUT2D eigenvalue weighted by molar-refractivity contribution is 0.146. The third-order valence-corrected chi connectivity index (χ3v) is 3.30. The summed E-state index contributed by atoms with van der Waals surface area (Å²) in [4.78, 5) is 0. The lowest BCUT2D eigenvalue weighted by atomic mass is 10.1. The molecule has 3 rings (SSSR count). The Morgan fingerprint density at radius 1 is 1.05 bits per heavy atom. The van der Waals surface area contributed by atoms with E-state index in [9.17, 15) is 0 Å². The van der Waals surface area contributed by atoms with Crippen LogP contribution in [0.4, 0.5) is 5.82 Å². The topological polar surface area (TPSA) is 56.3 Å². The summed E-state index contributed by atoms with van der Waals surface area (Å²) in [6, 6.07) is 12.4. The lowest BCUT2D eigenvalue weighted by Crippen LogP contribution is -2.04. The van der Waals surface area contributed by atoms with Gasteiger partial charge in [-0.25, -0.2) is 0 Å². The fraction of sp³-hybridized carbons (Fsp3) is 0.375. The first kappa shape index (κ1) is 13.8. The van der Waals surface area contributed by atoms with Crippen LogP contribution < -0.4 is 10.1 Å². The van der Waals surface area contributed by atoms with Gasteiger partial charge in [-0.3, -0.25) is 0 Å². The highest BCUT2D eigenvalue weighted by molar-refractivity contribution is 5.60. The van der Waals surface area contributed by atoms with E-state index < -0.39 is 0 Å². The minimum Gasteiger partial charge on any atom is -0.491 e. The SMILES string of the molecule is COCCOc1ccc(-c2ccc(NC3CC3)nn2)cc1. The number of anilines is 1. The summed E-state index contributed by atoms with van der Waals surface area (Å²) >= 11 is 0. The van der Waals surface area contributed by atoms with Crippen molar-refractivity contribution in [2.75, 3.05) is 25.6 Å². The van der Waals surface area contributed by atoms with Crippen LogP contribution in [-0.4, -0.2) is 36.6 Å². The molecule has 0 aliphatic heterocycles. The first-order valence-corrected chi connectivity index (χ1v) is 7.17. The van der Waals surface area contributed by atoms with Gasteiger partial charge in [0.2, 0.25) is 0 Å². The highest BCUT2D eigenvalue weighted by atomic mass is 16.5. The first-order valence-electron chi connectivity index (χ1n) is 7.17. The van der Waals surface area contributed by atoms with E-state index in [0.29, 0.717) is 19.3 Å². The zero-order valence-corrected chi connectivity index (χ0v) is 12.1. The fourth-order valence-corrected chi connectivity index (χ4v) is 1.96. The number of ether oxygens (including phenoxy) is 2. The van der Waals surface area contributed by atoms with Gasteiger partial charge in [0, 0.05) is 18.7 Å². The maximum Gasteiger partial charge on any atom is 0.148 e. The Labute approximate surface area is 124 Å². The van der Waals surface area contributed by atoms with Crippen molar-refractivity contribution in [1.29, 1.82) is 0 Å². The summed E-state index contributed by atoms with van der Waals surface area (Å²) in [6.45, 7) is 1.14. The van der Waals surface area contributed by atoms with Crippen molar-refractivity contribution in [3.63, 3.8) is 0 Å². The minimum atomic E-state index is 0.553. The number of aromatic nitrogens is 2. The zero-order chi connectivity index (χ0) is 14.5. The summed E-state index contributed by atoms with van der Waals surface area (Å²) in [6.07, 6.45) is 2.46. The van der Waals surface area contributed by atoms with Crippen molar-refractivity contribution < 1.29 is 9.47 Å². The second-order valence-electron chi connectivity index (χ2n) is 5.09. The predicted octanol–water partition coefficient (Wildman–Crippen LogP) is 2.74. The van der Waals surface area contributed by atoms with Crippen LogP contribution in [0.25, 0.3) is 11.3 Å². The largest absolute Gasteiger partial charge is 0.491 e. The number of hydrogen-bond acceptors (Lipinski definition) is 5. The molecular formula is C16H19N3O2. The third kappa shape index (κ3) is 3.92. The molecular weight excluding hydrogens is 266 g/mol. The van der Waals surface area contributed by atoms with Crippen molar-refractivity contribution in [3.05, 3.63) is 36.4 Å². The number of nitrogens with zero attached hydrogens (tertiary/aromatic N) is 2. The van der Waals surface area contributed by atoms with Gasteiger partial charge >= 0.3 is 0 Å². The number of methoxy groups -OCH3 is 1. The van der Waals surface area contributed by atoms with E-state index >= 15 is 0 Å². The quantitative estimate of drug-likeness (QED) is 0.793. The molecule has 0 atom stereocenters. The van der Waals surface area contributed by atoms with Gasteiger partial charge in [0.15, 0.2) is 0 Å². The van der Waals surface area contributed by atoms with Gasteiger partial charge in [0.1, 0.15) is 18.2 Å². The molecule has 5 nitrogen and oxygen atoms in total. The molecule has 21 heavy (non-hydrogen) atoms. The maximum atomic E-state index is 5.54. The van der Waals surface area contributed by atoms with E-state index in [1.165, 1.54) is 12.8 Å². The van der Waals surface area contributed by atoms with Crippen LogP contribution in [0.2, 0.25) is 0 Å². The smallest absolute Gasteiger partial charge is 0.148 e. The predicted molar refractivity (Wildman–Crippen MR) is 81.5 cm³/mol. The third-order valence-electron chi connectivity index (χ3n) is 3.30. The van der Waals surface area contributed by atoms with Crippen LogP contribution in [-0.2, 0) is 4.74 Å². The lowest BCUT2D eigenvalue weighted by Gasteiger charge is -2.07. The van der Waals surface area contributed by atoms with Crippen LogP contribution in [0.1, 0.15) is 12.8 Å². The monoisotopic (exact) mass is 285 g/mol. The van der Waals surface area contributed by atoms with Gasteiger partial charge < -0.3 is 14.8 Å². The molecule has 2 aromatic rings. The van der Waals surface area contributed by atoms with Crippen LogP contribution >= 0.6 is 0 Å². The molecule has 1 fully saturated rings. The summed E-state index contributed by atoms with van der Waals surface area (Å²) in [5, 5.41) is 11.8.